The Kier molecular flexibility index (Phi) is 2.85. The molecular formula is C15H14N6. The molecule has 0 amide bonds. The third-order valence-corrected chi connectivity index (χ3v) is 3.62. The Hall–Kier alpha value is -2.76. The molecule has 2 aromatic heterocycles. The lowest BCUT2D eigenvalue weighted by atomic mass is 10.2. The van der Waals surface area contributed by atoms with Crippen molar-refractivity contribution in [3.05, 3.63) is 54.6 Å². The molecule has 1 aliphatic heterocycles. The topological polar surface area (TPSA) is 59.7 Å². The summed E-state index contributed by atoms with van der Waals surface area (Å²) < 4.78 is 2.18. The maximum absolute atomic E-state index is 4.34. The van der Waals surface area contributed by atoms with Crippen LogP contribution in [0, 0.1) is 0 Å². The molecule has 3 heterocycles. The van der Waals surface area contributed by atoms with Gasteiger partial charge in [0.05, 0.1) is 6.54 Å². The summed E-state index contributed by atoms with van der Waals surface area (Å²) in [6.45, 7) is 2.38. The smallest absolute Gasteiger partial charge is 0.225 e. The third kappa shape index (κ3) is 2.14. The van der Waals surface area contributed by atoms with Crippen molar-refractivity contribution in [1.82, 2.24) is 24.7 Å². The van der Waals surface area contributed by atoms with Gasteiger partial charge in [-0.15, -0.1) is 10.2 Å². The van der Waals surface area contributed by atoms with E-state index >= 15 is 0 Å². The minimum Gasteiger partial charge on any atom is -0.331 e. The van der Waals surface area contributed by atoms with Gasteiger partial charge in [-0.05, 0) is 6.07 Å². The highest BCUT2D eigenvalue weighted by Crippen LogP contribution is 2.22. The Morgan fingerprint density at radius 3 is 2.48 bits per heavy atom. The highest BCUT2D eigenvalue weighted by Gasteiger charge is 2.22. The van der Waals surface area contributed by atoms with Gasteiger partial charge in [0.2, 0.25) is 5.95 Å². The van der Waals surface area contributed by atoms with Gasteiger partial charge in [0.25, 0.3) is 0 Å². The van der Waals surface area contributed by atoms with Crippen LogP contribution < -0.4 is 4.90 Å². The van der Waals surface area contributed by atoms with E-state index in [1.54, 1.807) is 12.4 Å². The van der Waals surface area contributed by atoms with Gasteiger partial charge >= 0.3 is 0 Å². The lowest BCUT2D eigenvalue weighted by Crippen LogP contribution is -2.35. The first kappa shape index (κ1) is 12.0. The van der Waals surface area contributed by atoms with Gasteiger partial charge < -0.3 is 9.47 Å². The zero-order chi connectivity index (χ0) is 14.1. The van der Waals surface area contributed by atoms with Crippen LogP contribution >= 0.6 is 0 Å². The molecule has 104 valence electrons. The van der Waals surface area contributed by atoms with Gasteiger partial charge in [0.1, 0.15) is 0 Å². The molecule has 1 aromatic carbocycles. The number of aromatic nitrogens is 5. The van der Waals surface area contributed by atoms with E-state index in [1.807, 2.05) is 24.3 Å². The largest absolute Gasteiger partial charge is 0.331 e. The second-order valence-corrected chi connectivity index (χ2v) is 4.93. The summed E-state index contributed by atoms with van der Waals surface area (Å²) >= 11 is 0. The predicted octanol–water partition coefficient (Wildman–Crippen LogP) is 1.76. The Labute approximate surface area is 122 Å². The quantitative estimate of drug-likeness (QED) is 0.715. The number of nitrogens with zero attached hydrogens (tertiary/aromatic N) is 6. The van der Waals surface area contributed by atoms with Crippen molar-refractivity contribution in [2.24, 2.45) is 0 Å². The van der Waals surface area contributed by atoms with Gasteiger partial charge in [-0.3, -0.25) is 0 Å². The maximum Gasteiger partial charge on any atom is 0.225 e. The molecule has 0 saturated carbocycles. The molecule has 1 aliphatic rings. The zero-order valence-electron chi connectivity index (χ0n) is 11.4. The number of fused-ring (bicyclic) bond motifs is 1. The van der Waals surface area contributed by atoms with Crippen LogP contribution in [-0.2, 0) is 13.1 Å². The van der Waals surface area contributed by atoms with Gasteiger partial charge in [-0.25, -0.2) is 9.97 Å². The van der Waals surface area contributed by atoms with Crippen molar-refractivity contribution in [2.45, 2.75) is 13.1 Å². The van der Waals surface area contributed by atoms with Crippen molar-refractivity contribution in [3.63, 3.8) is 0 Å². The first-order chi connectivity index (χ1) is 10.4. The second-order valence-electron chi connectivity index (χ2n) is 4.93. The highest BCUT2D eigenvalue weighted by molar-refractivity contribution is 5.55. The molecular weight excluding hydrogens is 264 g/mol. The van der Waals surface area contributed by atoms with Crippen LogP contribution in [0.4, 0.5) is 5.95 Å². The molecule has 0 saturated heterocycles. The predicted molar refractivity (Wildman–Crippen MR) is 78.5 cm³/mol. The highest BCUT2D eigenvalue weighted by atomic mass is 15.4. The molecule has 0 aliphatic carbocycles. The average molecular weight is 278 g/mol. The van der Waals surface area contributed by atoms with E-state index in [0.29, 0.717) is 6.54 Å². The minimum atomic E-state index is 0.684. The lowest BCUT2D eigenvalue weighted by molar-refractivity contribution is 0.555. The van der Waals surface area contributed by atoms with Crippen molar-refractivity contribution in [2.75, 3.05) is 11.4 Å². The molecule has 0 unspecified atom stereocenters. The number of hydrogen-bond donors (Lipinski definition) is 0. The summed E-state index contributed by atoms with van der Waals surface area (Å²) in [4.78, 5) is 10.7. The van der Waals surface area contributed by atoms with Crippen LogP contribution in [0.25, 0.3) is 11.4 Å². The number of hydrogen-bond acceptors (Lipinski definition) is 5. The molecule has 0 bridgehead atoms. The molecule has 4 rings (SSSR count). The van der Waals surface area contributed by atoms with E-state index < -0.39 is 0 Å². The third-order valence-electron chi connectivity index (χ3n) is 3.62. The van der Waals surface area contributed by atoms with E-state index in [2.05, 4.69) is 41.8 Å². The van der Waals surface area contributed by atoms with Crippen molar-refractivity contribution >= 4 is 5.95 Å². The SMILES string of the molecule is c1ccc(-c2nnc3n2CCN(c2ncccn2)C3)cc1. The molecule has 0 spiro atoms. The molecule has 0 fully saturated rings. The fraction of sp³-hybridized carbons (Fsp3) is 0.200. The van der Waals surface area contributed by atoms with E-state index in [-0.39, 0.29) is 0 Å². The summed E-state index contributed by atoms with van der Waals surface area (Å²) in [6, 6.07) is 12.0. The number of rotatable bonds is 2. The van der Waals surface area contributed by atoms with Crippen LogP contribution in [0.15, 0.2) is 48.8 Å². The standard InChI is InChI=1S/C15H14N6/c1-2-5-12(6-3-1)14-19-18-13-11-20(9-10-21(13)14)15-16-7-4-8-17-15/h1-8H,9-11H2. The molecule has 21 heavy (non-hydrogen) atoms. The fourth-order valence-corrected chi connectivity index (χ4v) is 2.58. The molecule has 3 aromatic rings. The Morgan fingerprint density at radius 2 is 1.67 bits per heavy atom. The summed E-state index contributed by atoms with van der Waals surface area (Å²) in [5, 5.41) is 8.67. The molecule has 0 radical (unpaired) electrons. The maximum atomic E-state index is 4.34. The van der Waals surface area contributed by atoms with E-state index in [9.17, 15) is 0 Å². The molecule has 6 nitrogen and oxygen atoms in total. The lowest BCUT2D eigenvalue weighted by Gasteiger charge is -2.27. The monoisotopic (exact) mass is 278 g/mol. The Bertz CT molecular complexity index is 737. The van der Waals surface area contributed by atoms with E-state index in [0.717, 1.165) is 36.3 Å². The first-order valence-corrected chi connectivity index (χ1v) is 6.91. The van der Waals surface area contributed by atoms with Crippen LogP contribution in [0.3, 0.4) is 0 Å². The number of anilines is 1. The number of benzene rings is 1. The van der Waals surface area contributed by atoms with Crippen LogP contribution in [-0.4, -0.2) is 31.3 Å². The van der Waals surface area contributed by atoms with Gasteiger partial charge in [-0.2, -0.15) is 0 Å². The molecule has 6 heteroatoms. The second kappa shape index (κ2) is 4.97. The molecule has 0 atom stereocenters. The van der Waals surface area contributed by atoms with Crippen LogP contribution in [0.1, 0.15) is 5.82 Å². The van der Waals surface area contributed by atoms with Gasteiger partial charge in [0.15, 0.2) is 11.6 Å². The summed E-state index contributed by atoms with van der Waals surface area (Å²) in [6.07, 6.45) is 3.52. The van der Waals surface area contributed by atoms with Crippen LogP contribution in [0.5, 0.6) is 0 Å². The Balaban J connectivity index is 1.65. The van der Waals surface area contributed by atoms with Crippen molar-refractivity contribution in [3.8, 4) is 11.4 Å². The normalized spacial score (nSPS) is 14.0. The average Bonchev–Trinajstić information content (AvgIpc) is 2.99. The first-order valence-electron chi connectivity index (χ1n) is 6.91. The fourth-order valence-electron chi connectivity index (χ4n) is 2.58. The van der Waals surface area contributed by atoms with Gasteiger partial charge in [0, 0.05) is 31.0 Å². The summed E-state index contributed by atoms with van der Waals surface area (Å²) in [7, 11) is 0. The van der Waals surface area contributed by atoms with Crippen molar-refractivity contribution < 1.29 is 0 Å². The molecule has 0 N–H and O–H groups in total. The minimum absolute atomic E-state index is 0.684. The summed E-state index contributed by atoms with van der Waals surface area (Å²) in [5.74, 6) is 2.62. The zero-order valence-corrected chi connectivity index (χ0v) is 11.4. The van der Waals surface area contributed by atoms with E-state index in [1.165, 1.54) is 0 Å². The van der Waals surface area contributed by atoms with Gasteiger partial charge in [-0.1, -0.05) is 30.3 Å². The Morgan fingerprint density at radius 1 is 0.857 bits per heavy atom. The van der Waals surface area contributed by atoms with E-state index in [4.69, 9.17) is 0 Å². The van der Waals surface area contributed by atoms with Crippen molar-refractivity contribution in [1.29, 1.82) is 0 Å². The van der Waals surface area contributed by atoms with Crippen LogP contribution in [0.2, 0.25) is 0 Å². The summed E-state index contributed by atoms with van der Waals surface area (Å²) in [5.41, 5.74) is 1.10.